The Bertz CT molecular complexity index is 511. The highest BCUT2D eigenvalue weighted by molar-refractivity contribution is 5.25. The van der Waals surface area contributed by atoms with Gasteiger partial charge in [-0.2, -0.15) is 13.2 Å². The van der Waals surface area contributed by atoms with E-state index in [-0.39, 0.29) is 5.41 Å². The topological polar surface area (TPSA) is 23.5 Å². The lowest BCUT2D eigenvalue weighted by Crippen LogP contribution is -2.51. The van der Waals surface area contributed by atoms with Gasteiger partial charge in [-0.1, -0.05) is 39.0 Å². The van der Waals surface area contributed by atoms with Crippen LogP contribution in [0.5, 0.6) is 0 Å². The van der Waals surface area contributed by atoms with Crippen molar-refractivity contribution in [1.29, 1.82) is 0 Å². The minimum atomic E-state index is -4.30. The number of aliphatic hydroxyl groups is 1. The Balaban J connectivity index is 2.00. The lowest BCUT2D eigenvalue weighted by Gasteiger charge is -2.46. The molecular formula is C17H24F3NO. The zero-order valence-electron chi connectivity index (χ0n) is 13.4. The van der Waals surface area contributed by atoms with E-state index in [1.165, 1.54) is 12.1 Å². The third-order valence-corrected chi connectivity index (χ3v) is 4.74. The lowest BCUT2D eigenvalue weighted by atomic mass is 9.71. The molecule has 5 heteroatoms. The molecule has 1 heterocycles. The standard InChI is InChI=1S/C17H24F3NO/c1-15(2,3)16(22)7-9-21(10-8-16)12-13-5-4-6-14(11-13)17(18,19)20/h4-6,11,22H,7-10,12H2,1-3H3. The number of benzene rings is 1. The molecule has 0 radical (unpaired) electrons. The van der Waals surface area contributed by atoms with E-state index in [0.29, 0.717) is 38.0 Å². The number of hydrogen-bond acceptors (Lipinski definition) is 2. The molecule has 2 rings (SSSR count). The highest BCUT2D eigenvalue weighted by Crippen LogP contribution is 2.39. The van der Waals surface area contributed by atoms with E-state index >= 15 is 0 Å². The fraction of sp³-hybridized carbons (Fsp3) is 0.647. The second-order valence-electron chi connectivity index (χ2n) is 7.26. The average Bonchev–Trinajstić information content (AvgIpc) is 2.40. The number of alkyl halides is 3. The van der Waals surface area contributed by atoms with Crippen molar-refractivity contribution in [2.75, 3.05) is 13.1 Å². The van der Waals surface area contributed by atoms with Crippen LogP contribution in [-0.4, -0.2) is 28.7 Å². The number of likely N-dealkylation sites (tertiary alicyclic amines) is 1. The van der Waals surface area contributed by atoms with Gasteiger partial charge in [0, 0.05) is 19.6 Å². The highest BCUT2D eigenvalue weighted by Gasteiger charge is 2.42. The van der Waals surface area contributed by atoms with Crippen molar-refractivity contribution in [3.63, 3.8) is 0 Å². The van der Waals surface area contributed by atoms with Crippen LogP contribution in [0.2, 0.25) is 0 Å². The van der Waals surface area contributed by atoms with Gasteiger partial charge < -0.3 is 5.11 Å². The van der Waals surface area contributed by atoms with Gasteiger partial charge in [-0.25, -0.2) is 0 Å². The van der Waals surface area contributed by atoms with E-state index in [1.807, 2.05) is 20.8 Å². The van der Waals surface area contributed by atoms with Crippen molar-refractivity contribution in [2.24, 2.45) is 5.41 Å². The molecular weight excluding hydrogens is 291 g/mol. The lowest BCUT2D eigenvalue weighted by molar-refractivity contribution is -0.137. The molecule has 1 N–H and O–H groups in total. The van der Waals surface area contributed by atoms with E-state index in [9.17, 15) is 18.3 Å². The summed E-state index contributed by atoms with van der Waals surface area (Å²) in [4.78, 5) is 2.11. The maximum absolute atomic E-state index is 12.7. The molecule has 1 aromatic rings. The van der Waals surface area contributed by atoms with Gasteiger partial charge in [0.25, 0.3) is 0 Å². The molecule has 0 bridgehead atoms. The Morgan fingerprint density at radius 3 is 2.23 bits per heavy atom. The van der Waals surface area contributed by atoms with E-state index in [0.717, 1.165) is 6.07 Å². The summed E-state index contributed by atoms with van der Waals surface area (Å²) in [6.45, 7) is 7.96. The van der Waals surface area contributed by atoms with Gasteiger partial charge in [-0.15, -0.1) is 0 Å². The Labute approximate surface area is 129 Å². The molecule has 0 unspecified atom stereocenters. The molecule has 1 aliphatic rings. The maximum Gasteiger partial charge on any atom is 0.416 e. The molecule has 1 fully saturated rings. The highest BCUT2D eigenvalue weighted by atomic mass is 19.4. The number of nitrogens with zero attached hydrogens (tertiary/aromatic N) is 1. The smallest absolute Gasteiger partial charge is 0.389 e. The monoisotopic (exact) mass is 315 g/mol. The van der Waals surface area contributed by atoms with Gasteiger partial charge >= 0.3 is 6.18 Å². The second kappa shape index (κ2) is 5.85. The summed E-state index contributed by atoms with van der Waals surface area (Å²) >= 11 is 0. The molecule has 0 saturated carbocycles. The first-order chi connectivity index (χ1) is 10.0. The SMILES string of the molecule is CC(C)(C)C1(O)CCN(Cc2cccc(C(F)(F)F)c2)CC1. The van der Waals surface area contributed by atoms with Gasteiger partial charge in [0.1, 0.15) is 0 Å². The number of halogens is 3. The molecule has 124 valence electrons. The van der Waals surface area contributed by atoms with Gasteiger partial charge in [0.05, 0.1) is 11.2 Å². The van der Waals surface area contributed by atoms with Crippen LogP contribution in [0.15, 0.2) is 24.3 Å². The molecule has 0 aliphatic carbocycles. The van der Waals surface area contributed by atoms with Crippen LogP contribution in [0.25, 0.3) is 0 Å². The molecule has 2 nitrogen and oxygen atoms in total. The van der Waals surface area contributed by atoms with Gasteiger partial charge in [-0.05, 0) is 29.9 Å². The molecule has 1 aromatic carbocycles. The average molecular weight is 315 g/mol. The number of hydrogen-bond donors (Lipinski definition) is 1. The fourth-order valence-corrected chi connectivity index (χ4v) is 2.94. The van der Waals surface area contributed by atoms with E-state index in [2.05, 4.69) is 4.90 Å². The largest absolute Gasteiger partial charge is 0.416 e. The summed E-state index contributed by atoms with van der Waals surface area (Å²) < 4.78 is 38.2. The Hall–Kier alpha value is -1.07. The van der Waals surface area contributed by atoms with Crippen molar-refractivity contribution in [2.45, 2.75) is 51.9 Å². The van der Waals surface area contributed by atoms with Crippen LogP contribution in [0.3, 0.4) is 0 Å². The van der Waals surface area contributed by atoms with Gasteiger partial charge in [0.15, 0.2) is 0 Å². The van der Waals surface area contributed by atoms with Crippen molar-refractivity contribution >= 4 is 0 Å². The first-order valence-electron chi connectivity index (χ1n) is 7.62. The molecule has 0 aromatic heterocycles. The van der Waals surface area contributed by atoms with Crippen LogP contribution in [0.1, 0.15) is 44.7 Å². The van der Waals surface area contributed by atoms with E-state index < -0.39 is 17.3 Å². The number of rotatable bonds is 2. The van der Waals surface area contributed by atoms with Crippen LogP contribution in [0.4, 0.5) is 13.2 Å². The van der Waals surface area contributed by atoms with Crippen molar-refractivity contribution in [1.82, 2.24) is 4.90 Å². The minimum Gasteiger partial charge on any atom is -0.389 e. The van der Waals surface area contributed by atoms with Crippen molar-refractivity contribution < 1.29 is 18.3 Å². The quantitative estimate of drug-likeness (QED) is 0.889. The van der Waals surface area contributed by atoms with Crippen LogP contribution < -0.4 is 0 Å². The first-order valence-corrected chi connectivity index (χ1v) is 7.62. The molecule has 0 spiro atoms. The molecule has 0 atom stereocenters. The predicted octanol–water partition coefficient (Wildman–Crippen LogP) is 4.08. The molecule has 0 amide bonds. The second-order valence-corrected chi connectivity index (χ2v) is 7.26. The summed E-state index contributed by atoms with van der Waals surface area (Å²) in [5.41, 5.74) is -0.823. The van der Waals surface area contributed by atoms with E-state index in [1.54, 1.807) is 6.07 Å². The van der Waals surface area contributed by atoms with Crippen LogP contribution >= 0.6 is 0 Å². The Morgan fingerprint density at radius 1 is 1.14 bits per heavy atom. The Morgan fingerprint density at radius 2 is 1.73 bits per heavy atom. The van der Waals surface area contributed by atoms with Gasteiger partial charge in [-0.3, -0.25) is 4.90 Å². The summed E-state index contributed by atoms with van der Waals surface area (Å²) in [6.07, 6.45) is -3.00. The zero-order valence-corrected chi connectivity index (χ0v) is 13.4. The third kappa shape index (κ3) is 3.82. The van der Waals surface area contributed by atoms with E-state index in [4.69, 9.17) is 0 Å². The summed E-state index contributed by atoms with van der Waals surface area (Å²) in [7, 11) is 0. The van der Waals surface area contributed by atoms with Gasteiger partial charge in [0.2, 0.25) is 0 Å². The first kappa shape index (κ1) is 17.3. The summed E-state index contributed by atoms with van der Waals surface area (Å²) in [5, 5.41) is 10.7. The molecule has 22 heavy (non-hydrogen) atoms. The van der Waals surface area contributed by atoms with Crippen LogP contribution in [-0.2, 0) is 12.7 Å². The molecule has 1 saturated heterocycles. The maximum atomic E-state index is 12.7. The van der Waals surface area contributed by atoms with Crippen molar-refractivity contribution in [3.05, 3.63) is 35.4 Å². The summed E-state index contributed by atoms with van der Waals surface area (Å²) in [6, 6.07) is 5.48. The Kier molecular flexibility index (Phi) is 4.60. The minimum absolute atomic E-state index is 0.185. The third-order valence-electron chi connectivity index (χ3n) is 4.74. The fourth-order valence-electron chi connectivity index (χ4n) is 2.94. The zero-order chi connectivity index (χ0) is 16.6. The predicted molar refractivity (Wildman–Crippen MR) is 80.4 cm³/mol. The normalized spacial score (nSPS) is 20.1. The van der Waals surface area contributed by atoms with Crippen LogP contribution in [0, 0.1) is 5.41 Å². The van der Waals surface area contributed by atoms with Crippen molar-refractivity contribution in [3.8, 4) is 0 Å². The summed E-state index contributed by atoms with van der Waals surface area (Å²) in [5.74, 6) is 0. The molecule has 1 aliphatic heterocycles. The number of piperidine rings is 1.